The topological polar surface area (TPSA) is 241 Å². The molecule has 31 heavy (non-hydrogen) atoms. The fourth-order valence-electron chi connectivity index (χ4n) is 2.19. The Hall–Kier alpha value is -4.30. The molecule has 0 radical (unpaired) electrons. The minimum Gasteiger partial charge on any atom is -0.478 e. The molecule has 2 rings (SSSR count). The lowest BCUT2D eigenvalue weighted by molar-refractivity contribution is 0.0649. The average molecular weight is 456 g/mol. The van der Waals surface area contributed by atoms with Gasteiger partial charge in [-0.1, -0.05) is 6.07 Å². The number of hydrogen-bond acceptors (Lipinski definition) is 7. The van der Waals surface area contributed by atoms with E-state index in [9.17, 15) is 32.4 Å². The summed E-state index contributed by atoms with van der Waals surface area (Å²) in [5.74, 6) is -7.49. The van der Waals surface area contributed by atoms with Crippen LogP contribution in [0.25, 0.3) is 0 Å². The number of benzene rings is 2. The van der Waals surface area contributed by atoms with E-state index in [0.717, 1.165) is 36.4 Å². The van der Waals surface area contributed by atoms with E-state index in [1.807, 2.05) is 0 Å². The number of carboxylic acids is 5. The Balaban J connectivity index is 0.000000311. The van der Waals surface area contributed by atoms with Crippen LogP contribution in [0.2, 0.25) is 0 Å². The summed E-state index contributed by atoms with van der Waals surface area (Å²) in [4.78, 5) is 52.0. The van der Waals surface area contributed by atoms with Gasteiger partial charge < -0.3 is 25.5 Å². The fourth-order valence-corrected chi connectivity index (χ4v) is 3.06. The molecule has 2 aromatic rings. The van der Waals surface area contributed by atoms with Gasteiger partial charge in [0, 0.05) is 0 Å². The summed E-state index contributed by atoms with van der Waals surface area (Å²) in [7, 11) is -4.92. The molecule has 0 aromatic heterocycles. The molecule has 6 N–H and O–H groups in total. The van der Waals surface area contributed by atoms with Crippen molar-refractivity contribution >= 4 is 40.0 Å². The fraction of sp³-hybridized carbons (Fsp3) is 0. The zero-order valence-electron chi connectivity index (χ0n) is 14.9. The summed E-state index contributed by atoms with van der Waals surface area (Å²) in [5, 5.41) is 43.2. The lowest BCUT2D eigenvalue weighted by Crippen LogP contribution is -2.14. The van der Waals surface area contributed by atoms with E-state index in [-0.39, 0.29) is 5.56 Å². The highest BCUT2D eigenvalue weighted by molar-refractivity contribution is 7.86. The molecule has 0 aliphatic rings. The average Bonchev–Trinajstić information content (AvgIpc) is 2.66. The van der Waals surface area contributed by atoms with Crippen molar-refractivity contribution in [1.82, 2.24) is 0 Å². The van der Waals surface area contributed by atoms with Crippen LogP contribution in [-0.4, -0.2) is 68.3 Å². The van der Waals surface area contributed by atoms with E-state index in [1.165, 1.54) is 0 Å². The first-order chi connectivity index (χ1) is 14.2. The Morgan fingerprint density at radius 2 is 1.00 bits per heavy atom. The zero-order valence-corrected chi connectivity index (χ0v) is 15.7. The van der Waals surface area contributed by atoms with Crippen molar-refractivity contribution in [1.29, 1.82) is 0 Å². The molecule has 0 fully saturated rings. The van der Waals surface area contributed by atoms with Crippen LogP contribution in [0.4, 0.5) is 0 Å². The molecule has 0 aliphatic carbocycles. The van der Waals surface area contributed by atoms with Crippen molar-refractivity contribution in [3.63, 3.8) is 0 Å². The molecule has 0 saturated heterocycles. The van der Waals surface area contributed by atoms with Crippen LogP contribution in [-0.2, 0) is 10.1 Å². The number of carbonyl (C=O) groups is 5. The summed E-state index contributed by atoms with van der Waals surface area (Å²) >= 11 is 0. The van der Waals surface area contributed by atoms with Gasteiger partial charge in [0.25, 0.3) is 10.1 Å². The maximum Gasteiger partial charge on any atom is 0.337 e. The Bertz CT molecular complexity index is 1160. The molecule has 0 heterocycles. The molecule has 0 atom stereocenters. The van der Waals surface area contributed by atoms with Crippen LogP contribution in [0.5, 0.6) is 0 Å². The predicted molar refractivity (Wildman–Crippen MR) is 97.5 cm³/mol. The second kappa shape index (κ2) is 9.47. The van der Waals surface area contributed by atoms with Crippen LogP contribution < -0.4 is 0 Å². The van der Waals surface area contributed by atoms with Gasteiger partial charge in [-0.05, 0) is 30.3 Å². The van der Waals surface area contributed by atoms with Gasteiger partial charge in [-0.3, -0.25) is 4.55 Å². The quantitative estimate of drug-likeness (QED) is 0.334. The van der Waals surface area contributed by atoms with Crippen molar-refractivity contribution in [2.24, 2.45) is 0 Å². The lowest BCUT2D eigenvalue weighted by atomic mass is 10.0. The highest BCUT2D eigenvalue weighted by Crippen LogP contribution is 2.21. The third-order valence-electron chi connectivity index (χ3n) is 3.46. The Morgan fingerprint density at radius 3 is 1.32 bits per heavy atom. The second-order valence-electron chi connectivity index (χ2n) is 5.44. The SMILES string of the molecule is O=C(O)c1ccc(C(=O)O)c(C(=O)O)c1.O=C(O)c1cccc(C(=O)O)c1S(=O)(=O)O. The zero-order chi connectivity index (χ0) is 24.1. The van der Waals surface area contributed by atoms with E-state index in [2.05, 4.69) is 0 Å². The highest BCUT2D eigenvalue weighted by atomic mass is 32.2. The molecule has 0 spiro atoms. The monoisotopic (exact) mass is 456 g/mol. The lowest BCUT2D eigenvalue weighted by Gasteiger charge is -2.05. The third-order valence-corrected chi connectivity index (χ3v) is 4.42. The van der Waals surface area contributed by atoms with Gasteiger partial charge in [0.05, 0.1) is 27.8 Å². The molecule has 13 nitrogen and oxygen atoms in total. The van der Waals surface area contributed by atoms with E-state index < -0.39 is 67.1 Å². The van der Waals surface area contributed by atoms with Crippen LogP contribution in [0.15, 0.2) is 41.3 Å². The number of carboxylic acid groups (broad SMARTS) is 5. The first-order valence-corrected chi connectivity index (χ1v) is 9.03. The van der Waals surface area contributed by atoms with Gasteiger partial charge in [-0.15, -0.1) is 0 Å². The predicted octanol–water partition coefficient (Wildman–Crippen LogP) is 1.11. The van der Waals surface area contributed by atoms with Crippen molar-refractivity contribution in [3.8, 4) is 0 Å². The van der Waals surface area contributed by atoms with Crippen LogP contribution >= 0.6 is 0 Å². The van der Waals surface area contributed by atoms with Crippen molar-refractivity contribution in [2.75, 3.05) is 0 Å². The summed E-state index contributed by atoms with van der Waals surface area (Å²) in [6.45, 7) is 0. The van der Waals surface area contributed by atoms with E-state index in [4.69, 9.17) is 30.1 Å². The van der Waals surface area contributed by atoms with Crippen molar-refractivity contribution in [2.45, 2.75) is 4.90 Å². The molecule has 0 unspecified atom stereocenters. The second-order valence-corrected chi connectivity index (χ2v) is 6.80. The first-order valence-electron chi connectivity index (χ1n) is 7.59. The van der Waals surface area contributed by atoms with Crippen LogP contribution in [0.3, 0.4) is 0 Å². The van der Waals surface area contributed by atoms with Gasteiger partial charge >= 0.3 is 29.8 Å². The van der Waals surface area contributed by atoms with E-state index in [0.29, 0.717) is 0 Å². The van der Waals surface area contributed by atoms with Gasteiger partial charge in [-0.2, -0.15) is 8.42 Å². The smallest absolute Gasteiger partial charge is 0.337 e. The normalized spacial score (nSPS) is 10.4. The molecule has 164 valence electrons. The van der Waals surface area contributed by atoms with Crippen molar-refractivity contribution < 1.29 is 62.5 Å². The molecule has 2 aromatic carbocycles. The number of rotatable bonds is 6. The van der Waals surface area contributed by atoms with E-state index >= 15 is 0 Å². The van der Waals surface area contributed by atoms with Crippen LogP contribution in [0.1, 0.15) is 51.8 Å². The van der Waals surface area contributed by atoms with Gasteiger partial charge in [0.15, 0.2) is 0 Å². The Morgan fingerprint density at radius 1 is 0.581 bits per heavy atom. The third kappa shape index (κ3) is 6.09. The summed E-state index contributed by atoms with van der Waals surface area (Å²) in [6, 6.07) is 5.65. The molecular formula is C17H12O13S. The van der Waals surface area contributed by atoms with Gasteiger partial charge in [0.1, 0.15) is 4.90 Å². The summed E-state index contributed by atoms with van der Waals surface area (Å²) < 4.78 is 30.6. The van der Waals surface area contributed by atoms with Gasteiger partial charge in [-0.25, -0.2) is 24.0 Å². The van der Waals surface area contributed by atoms with E-state index in [1.54, 1.807) is 0 Å². The van der Waals surface area contributed by atoms with Gasteiger partial charge in [0.2, 0.25) is 0 Å². The molecule has 0 saturated carbocycles. The largest absolute Gasteiger partial charge is 0.478 e. The van der Waals surface area contributed by atoms with Crippen LogP contribution in [0, 0.1) is 0 Å². The molecule has 0 aliphatic heterocycles. The standard InChI is InChI=1S/C9H6O6.C8H6O7S/c10-7(11)4-1-2-5(8(12)13)6(3-4)9(14)15;9-7(10)4-2-1-3-5(8(11)12)6(4)16(13,14)15/h1-3H,(H,10,11)(H,12,13)(H,14,15);1-3H,(H,9,10)(H,11,12)(H,13,14,15). The Labute approximate surface area is 172 Å². The molecule has 0 amide bonds. The molecular weight excluding hydrogens is 444 g/mol. The maximum absolute atomic E-state index is 10.9. The maximum atomic E-state index is 10.9. The summed E-state index contributed by atoms with van der Waals surface area (Å²) in [6.07, 6.45) is 0. The number of aromatic carboxylic acids is 5. The number of hydrogen-bond donors (Lipinski definition) is 6. The molecule has 14 heteroatoms. The molecule has 0 bridgehead atoms. The highest BCUT2D eigenvalue weighted by Gasteiger charge is 2.27. The minimum absolute atomic E-state index is 0.266. The van der Waals surface area contributed by atoms with Crippen molar-refractivity contribution in [3.05, 3.63) is 64.2 Å². The summed E-state index contributed by atoms with van der Waals surface area (Å²) in [5.41, 5.74) is -2.82. The Kier molecular flexibility index (Phi) is 7.55. The first kappa shape index (κ1) is 24.7. The minimum atomic E-state index is -4.92.